The summed E-state index contributed by atoms with van der Waals surface area (Å²) in [6, 6.07) is 0.142. The molecule has 1 aliphatic rings. The molecule has 0 bridgehead atoms. The summed E-state index contributed by atoms with van der Waals surface area (Å²) in [4.78, 5) is 10.9. The van der Waals surface area contributed by atoms with E-state index in [1.54, 1.807) is 0 Å². The van der Waals surface area contributed by atoms with Gasteiger partial charge in [-0.2, -0.15) is 0 Å². The predicted octanol–water partition coefficient (Wildman–Crippen LogP) is -0.871. The summed E-state index contributed by atoms with van der Waals surface area (Å²) < 4.78 is 0. The van der Waals surface area contributed by atoms with Gasteiger partial charge in [-0.3, -0.25) is 9.89 Å². The molecule has 1 aromatic rings. The average molecular weight is 139 g/mol. The Labute approximate surface area is 57.4 Å². The van der Waals surface area contributed by atoms with Crippen molar-refractivity contribution >= 4 is 0 Å². The minimum Gasteiger partial charge on any atom is -0.327 e. The topological polar surface area (TPSA) is 74.7 Å². The second-order valence-electron chi connectivity index (χ2n) is 2.70. The molecule has 4 nitrogen and oxygen atoms in total. The molecule has 10 heavy (non-hydrogen) atoms. The fraction of sp³-hybridized carbons (Fsp3) is 0.500. The Morgan fingerprint density at radius 3 is 2.90 bits per heavy atom. The molecular weight excluding hydrogens is 130 g/mol. The Hall–Kier alpha value is -1.03. The summed E-state index contributed by atoms with van der Waals surface area (Å²) in [6.45, 7) is 0. The van der Waals surface area contributed by atoms with Crippen molar-refractivity contribution in [3.8, 4) is 0 Å². The van der Waals surface area contributed by atoms with Crippen molar-refractivity contribution in [2.45, 2.75) is 18.9 Å². The van der Waals surface area contributed by atoms with Crippen LogP contribution in [0.1, 0.15) is 11.3 Å². The molecule has 0 aliphatic heterocycles. The minimum absolute atomic E-state index is 0.0112. The van der Waals surface area contributed by atoms with Crippen molar-refractivity contribution in [1.82, 2.24) is 10.2 Å². The Morgan fingerprint density at radius 2 is 2.20 bits per heavy atom. The van der Waals surface area contributed by atoms with Gasteiger partial charge in [0.15, 0.2) is 0 Å². The molecule has 1 unspecified atom stereocenters. The molecule has 0 spiro atoms. The second-order valence-corrected chi connectivity index (χ2v) is 2.70. The highest BCUT2D eigenvalue weighted by Crippen LogP contribution is 2.13. The van der Waals surface area contributed by atoms with Crippen LogP contribution in [0.25, 0.3) is 0 Å². The SMILES string of the molecule is NC1Cc2[nH][nH]c(=O)c2C1. The molecule has 1 atom stereocenters. The van der Waals surface area contributed by atoms with Crippen molar-refractivity contribution in [2.24, 2.45) is 5.73 Å². The first-order chi connectivity index (χ1) is 4.77. The van der Waals surface area contributed by atoms with Crippen LogP contribution >= 0.6 is 0 Å². The van der Waals surface area contributed by atoms with Crippen LogP contribution < -0.4 is 11.3 Å². The van der Waals surface area contributed by atoms with Gasteiger partial charge >= 0.3 is 0 Å². The van der Waals surface area contributed by atoms with E-state index >= 15 is 0 Å². The van der Waals surface area contributed by atoms with Gasteiger partial charge in [-0.15, -0.1) is 0 Å². The molecule has 0 saturated carbocycles. The maximum atomic E-state index is 10.9. The lowest BCUT2D eigenvalue weighted by molar-refractivity contribution is 0.702. The van der Waals surface area contributed by atoms with Crippen molar-refractivity contribution in [3.05, 3.63) is 21.6 Å². The minimum atomic E-state index is -0.0112. The molecule has 0 radical (unpaired) electrons. The maximum Gasteiger partial charge on any atom is 0.267 e. The summed E-state index contributed by atoms with van der Waals surface area (Å²) in [7, 11) is 0. The summed E-state index contributed by atoms with van der Waals surface area (Å²) in [5.41, 5.74) is 7.44. The van der Waals surface area contributed by atoms with Crippen molar-refractivity contribution in [3.63, 3.8) is 0 Å². The summed E-state index contributed by atoms with van der Waals surface area (Å²) in [5, 5.41) is 5.32. The Balaban J connectivity index is 2.53. The van der Waals surface area contributed by atoms with Crippen molar-refractivity contribution in [1.29, 1.82) is 0 Å². The van der Waals surface area contributed by atoms with Crippen molar-refractivity contribution < 1.29 is 0 Å². The van der Waals surface area contributed by atoms with E-state index in [1.807, 2.05) is 0 Å². The van der Waals surface area contributed by atoms with Gasteiger partial charge in [0.05, 0.1) is 0 Å². The van der Waals surface area contributed by atoms with Gasteiger partial charge in [0, 0.05) is 23.7 Å². The number of nitrogens with two attached hydrogens (primary N) is 1. The molecule has 4 N–H and O–H groups in total. The third kappa shape index (κ3) is 0.623. The molecule has 2 rings (SSSR count). The fourth-order valence-corrected chi connectivity index (χ4v) is 1.41. The van der Waals surface area contributed by atoms with Crippen LogP contribution in [0, 0.1) is 0 Å². The van der Waals surface area contributed by atoms with E-state index in [0.717, 1.165) is 17.7 Å². The first-order valence-corrected chi connectivity index (χ1v) is 3.31. The first-order valence-electron chi connectivity index (χ1n) is 3.31. The fourth-order valence-electron chi connectivity index (χ4n) is 1.41. The summed E-state index contributed by atoms with van der Waals surface area (Å²) >= 11 is 0. The third-order valence-electron chi connectivity index (χ3n) is 1.90. The summed E-state index contributed by atoms with van der Waals surface area (Å²) in [5.74, 6) is 0. The Kier molecular flexibility index (Phi) is 0.990. The number of nitrogens with one attached hydrogen (secondary N) is 2. The lowest BCUT2D eigenvalue weighted by atomic mass is 10.2. The molecule has 54 valence electrons. The molecule has 0 amide bonds. The Bertz CT molecular complexity index is 298. The number of hydrogen-bond donors (Lipinski definition) is 3. The molecule has 4 heteroatoms. The highest BCUT2D eigenvalue weighted by atomic mass is 16.1. The number of aromatic amines is 2. The maximum absolute atomic E-state index is 10.9. The molecule has 0 fully saturated rings. The van der Waals surface area contributed by atoms with E-state index in [4.69, 9.17) is 5.73 Å². The van der Waals surface area contributed by atoms with Crippen LogP contribution in [0.3, 0.4) is 0 Å². The van der Waals surface area contributed by atoms with Gasteiger partial charge in [0.25, 0.3) is 5.56 Å². The van der Waals surface area contributed by atoms with Gasteiger partial charge in [-0.1, -0.05) is 0 Å². The van der Waals surface area contributed by atoms with E-state index in [2.05, 4.69) is 10.2 Å². The van der Waals surface area contributed by atoms with Gasteiger partial charge in [0.2, 0.25) is 0 Å². The predicted molar refractivity (Wildman–Crippen MR) is 36.8 cm³/mol. The number of hydrogen-bond acceptors (Lipinski definition) is 2. The molecule has 1 aromatic heterocycles. The third-order valence-corrected chi connectivity index (χ3v) is 1.90. The first kappa shape index (κ1) is 5.73. The number of fused-ring (bicyclic) bond motifs is 1. The molecule has 1 heterocycles. The van der Waals surface area contributed by atoms with Crippen LogP contribution in [-0.2, 0) is 12.8 Å². The van der Waals surface area contributed by atoms with Crippen LogP contribution in [0.2, 0.25) is 0 Å². The number of aromatic nitrogens is 2. The molecule has 1 aliphatic carbocycles. The van der Waals surface area contributed by atoms with E-state index in [1.165, 1.54) is 0 Å². The van der Waals surface area contributed by atoms with Crippen LogP contribution in [0.4, 0.5) is 0 Å². The van der Waals surface area contributed by atoms with Crippen LogP contribution in [-0.4, -0.2) is 16.2 Å². The van der Waals surface area contributed by atoms with Gasteiger partial charge in [-0.05, 0) is 6.42 Å². The van der Waals surface area contributed by atoms with E-state index < -0.39 is 0 Å². The lowest BCUT2D eigenvalue weighted by Gasteiger charge is -1.95. The van der Waals surface area contributed by atoms with Gasteiger partial charge in [-0.25, -0.2) is 0 Å². The zero-order valence-electron chi connectivity index (χ0n) is 5.48. The second kappa shape index (κ2) is 1.73. The number of rotatable bonds is 0. The molecule has 0 aromatic carbocycles. The van der Waals surface area contributed by atoms with Gasteiger partial charge in [0.1, 0.15) is 0 Å². The monoisotopic (exact) mass is 139 g/mol. The largest absolute Gasteiger partial charge is 0.327 e. The standard InChI is InChI=1S/C6H9N3O/c7-3-1-4-5(2-3)8-9-6(4)10/h3H,1-2,7H2,(H2,8,9,10). The smallest absolute Gasteiger partial charge is 0.267 e. The summed E-state index contributed by atoms with van der Waals surface area (Å²) in [6.07, 6.45) is 1.52. The van der Waals surface area contributed by atoms with Crippen LogP contribution in [0.5, 0.6) is 0 Å². The highest BCUT2D eigenvalue weighted by Gasteiger charge is 2.21. The van der Waals surface area contributed by atoms with Crippen molar-refractivity contribution in [2.75, 3.05) is 0 Å². The molecular formula is C6H9N3O. The molecule has 0 saturated heterocycles. The van der Waals surface area contributed by atoms with Crippen LogP contribution in [0.15, 0.2) is 4.79 Å². The van der Waals surface area contributed by atoms with E-state index in [0.29, 0.717) is 6.42 Å². The highest BCUT2D eigenvalue weighted by molar-refractivity contribution is 5.24. The average Bonchev–Trinajstić information content (AvgIpc) is 2.35. The zero-order chi connectivity index (χ0) is 7.14. The quantitative estimate of drug-likeness (QED) is 0.437. The van der Waals surface area contributed by atoms with Gasteiger partial charge < -0.3 is 10.8 Å². The van der Waals surface area contributed by atoms with E-state index in [-0.39, 0.29) is 11.6 Å². The normalized spacial score (nSPS) is 23.1. The lowest BCUT2D eigenvalue weighted by Crippen LogP contribution is -2.21. The zero-order valence-corrected chi connectivity index (χ0v) is 5.48. The van der Waals surface area contributed by atoms with E-state index in [9.17, 15) is 4.79 Å². The Morgan fingerprint density at radius 1 is 1.40 bits per heavy atom. The number of H-pyrrole nitrogens is 2.